The summed E-state index contributed by atoms with van der Waals surface area (Å²) in [5.74, 6) is -2.19. The van der Waals surface area contributed by atoms with Crippen molar-refractivity contribution in [1.29, 1.82) is 0 Å². The van der Waals surface area contributed by atoms with Crippen molar-refractivity contribution in [2.45, 2.75) is 79.8 Å². The molecule has 35 heavy (non-hydrogen) atoms. The first kappa shape index (κ1) is 30.6. The summed E-state index contributed by atoms with van der Waals surface area (Å²) < 4.78 is 88.9. The Balaban J connectivity index is 2.85. The summed E-state index contributed by atoms with van der Waals surface area (Å²) in [7, 11) is 0. The van der Waals surface area contributed by atoms with Crippen molar-refractivity contribution in [3.63, 3.8) is 0 Å². The third-order valence-electron chi connectivity index (χ3n) is 6.13. The van der Waals surface area contributed by atoms with Gasteiger partial charge in [-0.05, 0) is 48.4 Å². The summed E-state index contributed by atoms with van der Waals surface area (Å²) in [5, 5.41) is 0. The van der Waals surface area contributed by atoms with E-state index in [4.69, 9.17) is 9.47 Å². The monoisotopic (exact) mass is 514 g/mol. The number of hydrogen-bond acceptors (Lipinski definition) is 5. The zero-order chi connectivity index (χ0) is 27.5. The van der Waals surface area contributed by atoms with E-state index in [1.807, 2.05) is 34.6 Å². The molecule has 0 fully saturated rings. The molecule has 0 spiro atoms. The minimum absolute atomic E-state index is 0.0528. The highest BCUT2D eigenvalue weighted by atomic mass is 19.4. The van der Waals surface area contributed by atoms with Gasteiger partial charge in [-0.3, -0.25) is 4.79 Å². The number of carbonyl (C=O) groups excluding carboxylic acids is 2. The topological polar surface area (TPSA) is 61.8 Å². The molecule has 1 atom stereocenters. The SMILES string of the molecule is CCC(C)(C)CC(C)(C(=O)Oc1ccc(OCC(=O)OC(C(F)(F)F)C(F)(F)F)cc1)C(C)(C)C. The number of carbonyl (C=O) groups is 2. The van der Waals surface area contributed by atoms with Crippen molar-refractivity contribution in [3.05, 3.63) is 24.3 Å². The highest BCUT2D eigenvalue weighted by Crippen LogP contribution is 2.48. The van der Waals surface area contributed by atoms with Crippen LogP contribution in [-0.2, 0) is 14.3 Å². The highest BCUT2D eigenvalue weighted by molar-refractivity contribution is 5.79. The van der Waals surface area contributed by atoms with E-state index in [0.717, 1.165) is 6.42 Å². The molecular formula is C24H32F6O5. The maximum Gasteiger partial charge on any atom is 0.434 e. The van der Waals surface area contributed by atoms with Gasteiger partial charge in [0.25, 0.3) is 6.10 Å². The lowest BCUT2D eigenvalue weighted by molar-refractivity contribution is -0.313. The molecule has 0 aliphatic carbocycles. The van der Waals surface area contributed by atoms with Gasteiger partial charge < -0.3 is 14.2 Å². The number of ether oxygens (including phenoxy) is 3. The van der Waals surface area contributed by atoms with Crippen LogP contribution in [0.1, 0.15) is 61.3 Å². The van der Waals surface area contributed by atoms with Crippen LogP contribution in [0.4, 0.5) is 26.3 Å². The minimum Gasteiger partial charge on any atom is -0.482 e. The van der Waals surface area contributed by atoms with Gasteiger partial charge in [0, 0.05) is 0 Å². The number of hydrogen-bond donors (Lipinski definition) is 0. The van der Waals surface area contributed by atoms with Gasteiger partial charge in [0.1, 0.15) is 11.5 Å². The second kappa shape index (κ2) is 10.7. The third kappa shape index (κ3) is 8.61. The number of benzene rings is 1. The zero-order valence-electron chi connectivity index (χ0n) is 20.8. The van der Waals surface area contributed by atoms with E-state index in [0.29, 0.717) is 6.42 Å². The molecule has 0 heterocycles. The van der Waals surface area contributed by atoms with Crippen LogP contribution in [0.25, 0.3) is 0 Å². The summed E-state index contributed by atoms with van der Waals surface area (Å²) >= 11 is 0. The van der Waals surface area contributed by atoms with Gasteiger partial charge in [0.05, 0.1) is 5.41 Å². The molecule has 0 radical (unpaired) electrons. The van der Waals surface area contributed by atoms with Gasteiger partial charge in [-0.25, -0.2) is 4.79 Å². The summed E-state index contributed by atoms with van der Waals surface area (Å²) in [6.07, 6.45) is -14.4. The fourth-order valence-corrected chi connectivity index (χ4v) is 3.18. The molecule has 0 amide bonds. The molecule has 1 aromatic rings. The van der Waals surface area contributed by atoms with Crippen molar-refractivity contribution in [2.24, 2.45) is 16.2 Å². The Labute approximate surface area is 201 Å². The van der Waals surface area contributed by atoms with Gasteiger partial charge in [0.2, 0.25) is 0 Å². The quantitative estimate of drug-likeness (QED) is 0.204. The van der Waals surface area contributed by atoms with E-state index in [9.17, 15) is 35.9 Å². The predicted octanol–water partition coefficient (Wildman–Crippen LogP) is 6.89. The maximum atomic E-state index is 13.1. The number of esters is 2. The van der Waals surface area contributed by atoms with Crippen LogP contribution in [0, 0.1) is 16.2 Å². The standard InChI is InChI=1S/C24H32F6O5/c1-8-21(5,6)14-22(7,20(2,3)4)19(32)34-16-11-9-15(10-12-16)33-13-17(31)35-18(23(25,26)27)24(28,29)30/h9-12,18H,8,13-14H2,1-7H3. The molecule has 0 bridgehead atoms. The van der Waals surface area contributed by atoms with Gasteiger partial charge in [-0.2, -0.15) is 26.3 Å². The Kier molecular flexibility index (Phi) is 9.31. The van der Waals surface area contributed by atoms with Crippen molar-refractivity contribution in [2.75, 3.05) is 6.61 Å². The molecule has 0 saturated heterocycles. The summed E-state index contributed by atoms with van der Waals surface area (Å²) in [6.45, 7) is 12.6. The Hall–Kier alpha value is -2.46. The first-order valence-electron chi connectivity index (χ1n) is 10.9. The second-order valence-corrected chi connectivity index (χ2v) is 10.4. The van der Waals surface area contributed by atoms with Crippen molar-refractivity contribution >= 4 is 11.9 Å². The van der Waals surface area contributed by atoms with Crippen LogP contribution in [-0.4, -0.2) is 37.0 Å². The molecule has 1 aromatic carbocycles. The average Bonchev–Trinajstić information content (AvgIpc) is 2.68. The molecule has 5 nitrogen and oxygen atoms in total. The number of halogens is 6. The van der Waals surface area contributed by atoms with Crippen molar-refractivity contribution in [3.8, 4) is 11.5 Å². The predicted molar refractivity (Wildman–Crippen MR) is 116 cm³/mol. The van der Waals surface area contributed by atoms with E-state index in [-0.39, 0.29) is 16.9 Å². The van der Waals surface area contributed by atoms with Gasteiger partial charge in [-0.1, -0.05) is 48.0 Å². The molecule has 0 N–H and O–H groups in total. The van der Waals surface area contributed by atoms with Crippen LogP contribution in [0.5, 0.6) is 11.5 Å². The smallest absolute Gasteiger partial charge is 0.434 e. The molecule has 200 valence electrons. The van der Waals surface area contributed by atoms with Crippen molar-refractivity contribution in [1.82, 2.24) is 0 Å². The Morgan fingerprint density at radius 2 is 1.29 bits per heavy atom. The van der Waals surface area contributed by atoms with E-state index in [2.05, 4.69) is 18.6 Å². The fourth-order valence-electron chi connectivity index (χ4n) is 3.18. The van der Waals surface area contributed by atoms with E-state index >= 15 is 0 Å². The molecule has 0 aliphatic heterocycles. The third-order valence-corrected chi connectivity index (χ3v) is 6.13. The molecule has 0 saturated carbocycles. The summed E-state index contributed by atoms with van der Waals surface area (Å²) in [5.41, 5.74) is -1.38. The number of alkyl halides is 6. The number of rotatable bonds is 9. The van der Waals surface area contributed by atoms with Crippen LogP contribution in [0.3, 0.4) is 0 Å². The lowest BCUT2D eigenvalue weighted by Gasteiger charge is -2.44. The molecule has 1 rings (SSSR count). The summed E-state index contributed by atoms with van der Waals surface area (Å²) in [6, 6.07) is 5.18. The first-order valence-corrected chi connectivity index (χ1v) is 10.9. The van der Waals surface area contributed by atoms with Crippen LogP contribution in [0.2, 0.25) is 0 Å². The normalized spacial score (nSPS) is 14.9. The lowest BCUT2D eigenvalue weighted by Crippen LogP contribution is -2.46. The van der Waals surface area contributed by atoms with Gasteiger partial charge in [0.15, 0.2) is 6.61 Å². The van der Waals surface area contributed by atoms with Crippen LogP contribution < -0.4 is 9.47 Å². The fraction of sp³-hybridized carbons (Fsp3) is 0.667. The largest absolute Gasteiger partial charge is 0.482 e. The summed E-state index contributed by atoms with van der Waals surface area (Å²) in [4.78, 5) is 24.6. The Morgan fingerprint density at radius 3 is 1.69 bits per heavy atom. The molecule has 1 unspecified atom stereocenters. The second-order valence-electron chi connectivity index (χ2n) is 10.4. The minimum atomic E-state index is -5.81. The van der Waals surface area contributed by atoms with Gasteiger partial charge >= 0.3 is 24.3 Å². The molecule has 0 aliphatic rings. The molecular weight excluding hydrogens is 482 g/mol. The molecule has 11 heteroatoms. The van der Waals surface area contributed by atoms with E-state index in [1.165, 1.54) is 24.3 Å². The average molecular weight is 515 g/mol. The Morgan fingerprint density at radius 1 is 0.829 bits per heavy atom. The van der Waals surface area contributed by atoms with Crippen LogP contribution in [0.15, 0.2) is 24.3 Å². The van der Waals surface area contributed by atoms with Crippen molar-refractivity contribution < 1.29 is 50.1 Å². The van der Waals surface area contributed by atoms with E-state index in [1.54, 1.807) is 0 Å². The lowest BCUT2D eigenvalue weighted by atomic mass is 9.60. The Bertz CT molecular complexity index is 854. The highest BCUT2D eigenvalue weighted by Gasteiger charge is 2.60. The van der Waals surface area contributed by atoms with Gasteiger partial charge in [-0.15, -0.1) is 0 Å². The molecule has 0 aromatic heterocycles. The van der Waals surface area contributed by atoms with Crippen LogP contribution >= 0.6 is 0 Å². The maximum absolute atomic E-state index is 13.1. The first-order chi connectivity index (χ1) is 15.6. The zero-order valence-corrected chi connectivity index (χ0v) is 20.8. The van der Waals surface area contributed by atoms with E-state index < -0.39 is 47.8 Å².